The summed E-state index contributed by atoms with van der Waals surface area (Å²) >= 11 is 0. The van der Waals surface area contributed by atoms with Crippen molar-refractivity contribution < 1.29 is 14.3 Å². The maximum absolute atomic E-state index is 13.0. The number of carbonyl (C=O) groups excluding carboxylic acids is 2. The summed E-state index contributed by atoms with van der Waals surface area (Å²) in [6.07, 6.45) is 7.75. The van der Waals surface area contributed by atoms with E-state index < -0.39 is 0 Å². The largest absolute Gasteiger partial charge is 0.481 e. The van der Waals surface area contributed by atoms with E-state index in [4.69, 9.17) is 4.74 Å². The number of ether oxygens (including phenoxy) is 1. The number of nitrogens with zero attached hydrogens (tertiary/aromatic N) is 3. The van der Waals surface area contributed by atoms with Crippen LogP contribution in [0.3, 0.4) is 0 Å². The third-order valence-corrected chi connectivity index (χ3v) is 6.06. The Morgan fingerprint density at radius 2 is 2.19 bits per heavy atom. The molecule has 1 aromatic rings. The maximum atomic E-state index is 13.0. The molecule has 1 aliphatic carbocycles. The Morgan fingerprint density at radius 1 is 1.35 bits per heavy atom. The second-order valence-electron chi connectivity index (χ2n) is 8.13. The van der Waals surface area contributed by atoms with E-state index in [1.54, 1.807) is 25.4 Å². The second kappa shape index (κ2) is 6.89. The fraction of sp³-hybridized carbons (Fsp3) is 0.650. The standard InChI is InChI=1S/C20H27N3O3/c1-26-17-11-16(6-9-21-17)19(25)22-10-2-7-20(13-22)8-5-18(24)23(14-20)12-15-3-4-15/h6,9,11,15H,2-5,7-8,10,12-14H2,1H3/t20-/m0/s1. The van der Waals surface area contributed by atoms with Crippen LogP contribution in [0.1, 0.15) is 48.9 Å². The Bertz CT molecular complexity index is 703. The topological polar surface area (TPSA) is 62.7 Å². The van der Waals surface area contributed by atoms with Crippen LogP contribution in [0.25, 0.3) is 0 Å². The average Bonchev–Trinajstić information content (AvgIpc) is 3.48. The van der Waals surface area contributed by atoms with Crippen molar-refractivity contribution in [3.05, 3.63) is 23.9 Å². The quantitative estimate of drug-likeness (QED) is 0.830. The van der Waals surface area contributed by atoms with Crippen LogP contribution in [0.15, 0.2) is 18.3 Å². The minimum absolute atomic E-state index is 0.0374. The number of likely N-dealkylation sites (tertiary alicyclic amines) is 2. The van der Waals surface area contributed by atoms with Crippen molar-refractivity contribution >= 4 is 11.8 Å². The number of piperidine rings is 2. The molecule has 140 valence electrons. The highest BCUT2D eigenvalue weighted by Crippen LogP contribution is 2.41. The molecule has 2 amide bonds. The highest BCUT2D eigenvalue weighted by molar-refractivity contribution is 5.94. The zero-order chi connectivity index (χ0) is 18.1. The predicted molar refractivity (Wildman–Crippen MR) is 96.9 cm³/mol. The molecule has 0 unspecified atom stereocenters. The lowest BCUT2D eigenvalue weighted by molar-refractivity contribution is -0.139. The highest BCUT2D eigenvalue weighted by atomic mass is 16.5. The molecule has 4 rings (SSSR count). The number of carbonyl (C=O) groups is 2. The molecule has 6 heteroatoms. The molecule has 0 aromatic carbocycles. The van der Waals surface area contributed by atoms with Gasteiger partial charge in [-0.25, -0.2) is 4.98 Å². The van der Waals surface area contributed by atoms with Crippen molar-refractivity contribution in [3.63, 3.8) is 0 Å². The van der Waals surface area contributed by atoms with Crippen molar-refractivity contribution in [2.24, 2.45) is 11.3 Å². The van der Waals surface area contributed by atoms with Crippen LogP contribution in [-0.2, 0) is 4.79 Å². The van der Waals surface area contributed by atoms with Crippen LogP contribution in [0.4, 0.5) is 0 Å². The molecular formula is C20H27N3O3. The lowest BCUT2D eigenvalue weighted by atomic mass is 9.73. The first-order valence-corrected chi connectivity index (χ1v) is 9.66. The molecule has 26 heavy (non-hydrogen) atoms. The van der Waals surface area contributed by atoms with Crippen LogP contribution in [0.2, 0.25) is 0 Å². The van der Waals surface area contributed by atoms with Gasteiger partial charge in [-0.05, 0) is 44.1 Å². The van der Waals surface area contributed by atoms with E-state index in [1.807, 2.05) is 4.90 Å². The Morgan fingerprint density at radius 3 is 2.96 bits per heavy atom. The highest BCUT2D eigenvalue weighted by Gasteiger charge is 2.43. The molecule has 0 radical (unpaired) electrons. The lowest BCUT2D eigenvalue weighted by Gasteiger charge is -2.48. The van der Waals surface area contributed by atoms with E-state index in [0.717, 1.165) is 45.4 Å². The summed E-state index contributed by atoms with van der Waals surface area (Å²) in [5.74, 6) is 1.50. The number of hydrogen-bond donors (Lipinski definition) is 0. The number of aromatic nitrogens is 1. The molecule has 1 saturated carbocycles. The Hall–Kier alpha value is -2.11. The van der Waals surface area contributed by atoms with Gasteiger partial charge in [-0.2, -0.15) is 0 Å². The van der Waals surface area contributed by atoms with Gasteiger partial charge in [0.05, 0.1) is 7.11 Å². The van der Waals surface area contributed by atoms with Gasteiger partial charge in [-0.3, -0.25) is 9.59 Å². The van der Waals surface area contributed by atoms with E-state index in [-0.39, 0.29) is 11.3 Å². The fourth-order valence-corrected chi connectivity index (χ4v) is 4.43. The zero-order valence-corrected chi connectivity index (χ0v) is 15.4. The van der Waals surface area contributed by atoms with E-state index in [0.29, 0.717) is 29.7 Å². The first-order valence-electron chi connectivity index (χ1n) is 9.66. The summed E-state index contributed by atoms with van der Waals surface area (Å²) in [5, 5.41) is 0. The third kappa shape index (κ3) is 3.55. The minimum Gasteiger partial charge on any atom is -0.481 e. The third-order valence-electron chi connectivity index (χ3n) is 6.06. The van der Waals surface area contributed by atoms with Crippen molar-refractivity contribution in [3.8, 4) is 5.88 Å². The van der Waals surface area contributed by atoms with E-state index in [2.05, 4.69) is 9.88 Å². The van der Waals surface area contributed by atoms with E-state index in [1.165, 1.54) is 12.8 Å². The zero-order valence-electron chi connectivity index (χ0n) is 15.4. The van der Waals surface area contributed by atoms with Crippen LogP contribution < -0.4 is 4.74 Å². The Kier molecular flexibility index (Phi) is 4.59. The number of hydrogen-bond acceptors (Lipinski definition) is 4. The van der Waals surface area contributed by atoms with Crippen molar-refractivity contribution in [1.29, 1.82) is 0 Å². The van der Waals surface area contributed by atoms with Gasteiger partial charge in [-0.15, -0.1) is 0 Å². The fourth-order valence-electron chi connectivity index (χ4n) is 4.43. The van der Waals surface area contributed by atoms with Gasteiger partial charge in [0.25, 0.3) is 5.91 Å². The summed E-state index contributed by atoms with van der Waals surface area (Å²) in [6.45, 7) is 3.24. The lowest BCUT2D eigenvalue weighted by Crippen LogP contribution is -2.55. The van der Waals surface area contributed by atoms with Crippen LogP contribution in [0.5, 0.6) is 5.88 Å². The van der Waals surface area contributed by atoms with Gasteiger partial charge in [-0.1, -0.05) is 0 Å². The van der Waals surface area contributed by atoms with Gasteiger partial charge < -0.3 is 14.5 Å². The second-order valence-corrected chi connectivity index (χ2v) is 8.13. The average molecular weight is 357 g/mol. The Balaban J connectivity index is 1.47. The molecule has 2 saturated heterocycles. The molecule has 1 spiro atoms. The molecule has 0 bridgehead atoms. The molecular weight excluding hydrogens is 330 g/mol. The Labute approximate surface area is 154 Å². The normalized spacial score (nSPS) is 26.3. The molecule has 0 N–H and O–H groups in total. The summed E-state index contributed by atoms with van der Waals surface area (Å²) < 4.78 is 5.14. The van der Waals surface area contributed by atoms with Crippen molar-refractivity contribution in [1.82, 2.24) is 14.8 Å². The van der Waals surface area contributed by atoms with Gasteiger partial charge in [0.15, 0.2) is 0 Å². The van der Waals surface area contributed by atoms with E-state index in [9.17, 15) is 9.59 Å². The monoisotopic (exact) mass is 357 g/mol. The summed E-state index contributed by atoms with van der Waals surface area (Å²) in [5.41, 5.74) is 0.684. The first-order chi connectivity index (χ1) is 12.6. The summed E-state index contributed by atoms with van der Waals surface area (Å²) in [6, 6.07) is 3.45. The molecule has 2 aliphatic heterocycles. The minimum atomic E-state index is 0.0374. The SMILES string of the molecule is COc1cc(C(=O)N2CCC[C@]3(CCC(=O)N(CC4CC4)C3)C2)ccn1. The van der Waals surface area contributed by atoms with Crippen LogP contribution >= 0.6 is 0 Å². The van der Waals surface area contributed by atoms with Gasteiger partial charge in [0.1, 0.15) is 0 Å². The van der Waals surface area contributed by atoms with E-state index >= 15 is 0 Å². The molecule has 3 fully saturated rings. The molecule has 3 aliphatic rings. The number of amides is 2. The smallest absolute Gasteiger partial charge is 0.254 e. The van der Waals surface area contributed by atoms with Crippen molar-refractivity contribution in [2.45, 2.75) is 38.5 Å². The van der Waals surface area contributed by atoms with Gasteiger partial charge in [0.2, 0.25) is 11.8 Å². The van der Waals surface area contributed by atoms with Crippen LogP contribution in [-0.4, -0.2) is 59.9 Å². The van der Waals surface area contributed by atoms with Crippen molar-refractivity contribution in [2.75, 3.05) is 33.3 Å². The van der Waals surface area contributed by atoms with Gasteiger partial charge in [0, 0.05) is 55.8 Å². The first kappa shape index (κ1) is 17.3. The number of methoxy groups -OCH3 is 1. The predicted octanol–water partition coefficient (Wildman–Crippen LogP) is 2.35. The molecule has 3 heterocycles. The van der Waals surface area contributed by atoms with Gasteiger partial charge >= 0.3 is 0 Å². The molecule has 1 aromatic heterocycles. The number of pyridine rings is 1. The summed E-state index contributed by atoms with van der Waals surface area (Å²) in [4.78, 5) is 33.4. The maximum Gasteiger partial charge on any atom is 0.254 e. The molecule has 6 nitrogen and oxygen atoms in total. The van der Waals surface area contributed by atoms with Crippen LogP contribution in [0, 0.1) is 11.3 Å². The summed E-state index contributed by atoms with van der Waals surface area (Å²) in [7, 11) is 1.56. The number of rotatable bonds is 4. The molecule has 1 atom stereocenters.